The van der Waals surface area contributed by atoms with Crippen molar-refractivity contribution in [2.24, 2.45) is 0 Å². The van der Waals surface area contributed by atoms with Gasteiger partial charge in [0.15, 0.2) is 0 Å². The number of methoxy groups -OCH3 is 1. The molecule has 0 saturated carbocycles. The number of benzene rings is 2. The summed E-state index contributed by atoms with van der Waals surface area (Å²) in [7, 11) is 1.68. The van der Waals surface area contributed by atoms with Crippen LogP contribution >= 0.6 is 0 Å². The molecule has 3 rings (SSSR count). The van der Waals surface area contributed by atoms with Crippen LogP contribution in [0.25, 0.3) is 0 Å². The molecule has 0 bridgehead atoms. The van der Waals surface area contributed by atoms with Crippen LogP contribution in [0.3, 0.4) is 0 Å². The summed E-state index contributed by atoms with van der Waals surface area (Å²) in [5.74, 6) is 1.83. The van der Waals surface area contributed by atoms with Gasteiger partial charge in [0, 0.05) is 42.5 Å². The maximum absolute atomic E-state index is 5.81. The van der Waals surface area contributed by atoms with Crippen molar-refractivity contribution < 1.29 is 9.47 Å². The number of anilines is 1. The lowest BCUT2D eigenvalue weighted by atomic mass is 10.1. The molecule has 1 heterocycles. The molecule has 4 nitrogen and oxygen atoms in total. The van der Waals surface area contributed by atoms with Crippen molar-refractivity contribution in [3.63, 3.8) is 0 Å². The molecule has 0 aromatic heterocycles. The van der Waals surface area contributed by atoms with Gasteiger partial charge in [0.2, 0.25) is 0 Å². The van der Waals surface area contributed by atoms with E-state index in [1.165, 1.54) is 5.56 Å². The molecule has 2 N–H and O–H groups in total. The number of nitrogens with zero attached hydrogens (tertiary/aromatic N) is 1. The van der Waals surface area contributed by atoms with Crippen LogP contribution in [0.1, 0.15) is 11.1 Å². The molecule has 0 unspecified atom stereocenters. The maximum atomic E-state index is 5.81. The Morgan fingerprint density at radius 1 is 1.24 bits per heavy atom. The first-order chi connectivity index (χ1) is 10.3. The predicted octanol–water partition coefficient (Wildman–Crippen LogP) is 2.67. The number of hydrogen-bond donors (Lipinski definition) is 1. The zero-order chi connectivity index (χ0) is 14.7. The smallest absolute Gasteiger partial charge is 0.125 e. The molecule has 0 aliphatic carbocycles. The molecule has 1 aliphatic rings. The normalized spacial score (nSPS) is 14.9. The Kier molecular flexibility index (Phi) is 3.97. The first-order valence-electron chi connectivity index (χ1n) is 7.12. The molecule has 0 spiro atoms. The molecule has 0 radical (unpaired) electrons. The van der Waals surface area contributed by atoms with E-state index in [0.29, 0.717) is 6.61 Å². The van der Waals surface area contributed by atoms with Crippen LogP contribution in [0.15, 0.2) is 42.5 Å². The molecule has 4 heteroatoms. The number of hydrogen-bond acceptors (Lipinski definition) is 4. The highest BCUT2D eigenvalue weighted by atomic mass is 16.5. The molecular weight excluding hydrogens is 264 g/mol. The third-order valence-corrected chi connectivity index (χ3v) is 3.74. The van der Waals surface area contributed by atoms with E-state index in [2.05, 4.69) is 17.0 Å². The minimum absolute atomic E-state index is 0.703. The molecule has 0 atom stereocenters. The Balaban J connectivity index is 1.79. The van der Waals surface area contributed by atoms with Gasteiger partial charge in [-0.05, 0) is 12.1 Å². The van der Waals surface area contributed by atoms with E-state index in [0.717, 1.165) is 42.4 Å². The highest BCUT2D eigenvalue weighted by Crippen LogP contribution is 2.26. The number of nitrogen functional groups attached to an aromatic ring is 1. The quantitative estimate of drug-likeness (QED) is 0.880. The summed E-state index contributed by atoms with van der Waals surface area (Å²) in [5.41, 5.74) is 8.90. The SMILES string of the molecule is COc1cc(N)ccc1CN1CCOc2ccccc2C1. The molecule has 0 saturated heterocycles. The van der Waals surface area contributed by atoms with Crippen molar-refractivity contribution in [1.29, 1.82) is 0 Å². The minimum Gasteiger partial charge on any atom is -0.496 e. The summed E-state index contributed by atoms with van der Waals surface area (Å²) in [5, 5.41) is 0. The molecule has 1 aliphatic heterocycles. The van der Waals surface area contributed by atoms with Crippen molar-refractivity contribution in [1.82, 2.24) is 4.90 Å². The average molecular weight is 284 g/mol. The zero-order valence-electron chi connectivity index (χ0n) is 12.2. The van der Waals surface area contributed by atoms with Crippen LogP contribution in [0.5, 0.6) is 11.5 Å². The summed E-state index contributed by atoms with van der Waals surface area (Å²) in [6.07, 6.45) is 0. The standard InChI is InChI=1S/C17H20N2O2/c1-20-17-10-15(18)7-6-14(17)12-19-8-9-21-16-5-3-2-4-13(16)11-19/h2-7,10H,8-9,11-12,18H2,1H3. The Morgan fingerprint density at radius 2 is 2.10 bits per heavy atom. The topological polar surface area (TPSA) is 47.7 Å². The lowest BCUT2D eigenvalue weighted by Gasteiger charge is -2.21. The van der Waals surface area contributed by atoms with Gasteiger partial charge >= 0.3 is 0 Å². The molecular formula is C17H20N2O2. The van der Waals surface area contributed by atoms with Crippen LogP contribution in [0, 0.1) is 0 Å². The second-order valence-corrected chi connectivity index (χ2v) is 5.24. The molecule has 0 fully saturated rings. The Hall–Kier alpha value is -2.20. The van der Waals surface area contributed by atoms with Gasteiger partial charge in [-0.25, -0.2) is 0 Å². The summed E-state index contributed by atoms with van der Waals surface area (Å²) in [6.45, 7) is 3.29. The fourth-order valence-electron chi connectivity index (χ4n) is 2.65. The Labute approximate surface area is 125 Å². The van der Waals surface area contributed by atoms with Crippen LogP contribution in [-0.4, -0.2) is 25.2 Å². The first kappa shape index (κ1) is 13.8. The number of nitrogens with two attached hydrogens (primary N) is 1. The van der Waals surface area contributed by atoms with Crippen molar-refractivity contribution in [3.05, 3.63) is 53.6 Å². The fourth-order valence-corrected chi connectivity index (χ4v) is 2.65. The maximum Gasteiger partial charge on any atom is 0.125 e. The molecule has 2 aromatic carbocycles. The highest BCUT2D eigenvalue weighted by molar-refractivity contribution is 5.48. The van der Waals surface area contributed by atoms with Crippen molar-refractivity contribution in [2.45, 2.75) is 13.1 Å². The van der Waals surface area contributed by atoms with Crippen LogP contribution in [-0.2, 0) is 13.1 Å². The highest BCUT2D eigenvalue weighted by Gasteiger charge is 2.16. The summed E-state index contributed by atoms with van der Waals surface area (Å²) in [4.78, 5) is 2.36. The largest absolute Gasteiger partial charge is 0.496 e. The zero-order valence-corrected chi connectivity index (χ0v) is 12.2. The third-order valence-electron chi connectivity index (χ3n) is 3.74. The second kappa shape index (κ2) is 6.06. The van der Waals surface area contributed by atoms with E-state index >= 15 is 0 Å². The van der Waals surface area contributed by atoms with Gasteiger partial charge in [-0.3, -0.25) is 4.90 Å². The Bertz CT molecular complexity index is 628. The van der Waals surface area contributed by atoms with Gasteiger partial charge in [-0.1, -0.05) is 24.3 Å². The number of fused-ring (bicyclic) bond motifs is 1. The summed E-state index contributed by atoms with van der Waals surface area (Å²) >= 11 is 0. The summed E-state index contributed by atoms with van der Waals surface area (Å²) in [6, 6.07) is 14.0. The average Bonchev–Trinajstić information content (AvgIpc) is 2.70. The van der Waals surface area contributed by atoms with Gasteiger partial charge < -0.3 is 15.2 Å². The van der Waals surface area contributed by atoms with Crippen molar-refractivity contribution in [2.75, 3.05) is 26.0 Å². The van der Waals surface area contributed by atoms with E-state index in [9.17, 15) is 0 Å². The van der Waals surface area contributed by atoms with Crippen LogP contribution < -0.4 is 15.2 Å². The number of ether oxygens (including phenoxy) is 2. The van der Waals surface area contributed by atoms with Gasteiger partial charge in [0.25, 0.3) is 0 Å². The van der Waals surface area contributed by atoms with E-state index in [-0.39, 0.29) is 0 Å². The molecule has 0 amide bonds. The monoisotopic (exact) mass is 284 g/mol. The van der Waals surface area contributed by atoms with Gasteiger partial charge in [-0.2, -0.15) is 0 Å². The van der Waals surface area contributed by atoms with E-state index in [1.54, 1.807) is 7.11 Å². The van der Waals surface area contributed by atoms with Crippen LogP contribution in [0.2, 0.25) is 0 Å². The fraction of sp³-hybridized carbons (Fsp3) is 0.294. The van der Waals surface area contributed by atoms with Crippen molar-refractivity contribution in [3.8, 4) is 11.5 Å². The molecule has 110 valence electrons. The van der Waals surface area contributed by atoms with E-state index in [1.807, 2.05) is 30.3 Å². The van der Waals surface area contributed by atoms with Gasteiger partial charge in [0.05, 0.1) is 7.11 Å². The third kappa shape index (κ3) is 3.11. The minimum atomic E-state index is 0.703. The number of para-hydroxylation sites is 1. The van der Waals surface area contributed by atoms with Crippen LogP contribution in [0.4, 0.5) is 5.69 Å². The Morgan fingerprint density at radius 3 is 2.95 bits per heavy atom. The predicted molar refractivity (Wildman–Crippen MR) is 83.5 cm³/mol. The molecule has 21 heavy (non-hydrogen) atoms. The van der Waals surface area contributed by atoms with Crippen molar-refractivity contribution >= 4 is 5.69 Å². The second-order valence-electron chi connectivity index (χ2n) is 5.24. The first-order valence-corrected chi connectivity index (χ1v) is 7.12. The van der Waals surface area contributed by atoms with Gasteiger partial charge in [-0.15, -0.1) is 0 Å². The van der Waals surface area contributed by atoms with E-state index in [4.69, 9.17) is 15.2 Å². The molecule has 2 aromatic rings. The lowest BCUT2D eigenvalue weighted by Crippen LogP contribution is -2.25. The summed E-state index contributed by atoms with van der Waals surface area (Å²) < 4.78 is 11.2. The van der Waals surface area contributed by atoms with E-state index < -0.39 is 0 Å². The van der Waals surface area contributed by atoms with Gasteiger partial charge in [0.1, 0.15) is 18.1 Å². The number of rotatable bonds is 3. The lowest BCUT2D eigenvalue weighted by molar-refractivity contribution is 0.217.